The van der Waals surface area contributed by atoms with Gasteiger partial charge in [0.25, 0.3) is 0 Å². The fourth-order valence-electron chi connectivity index (χ4n) is 4.75. The topological polar surface area (TPSA) is 34.1 Å². The van der Waals surface area contributed by atoms with E-state index < -0.39 is 0 Å². The van der Waals surface area contributed by atoms with Gasteiger partial charge < -0.3 is 0 Å². The Balaban J connectivity index is 1.62. The molecule has 2 saturated carbocycles. The maximum atomic E-state index is 11.6. The normalized spacial score (nSPS) is 31.7. The van der Waals surface area contributed by atoms with Crippen LogP contribution in [-0.2, 0) is 9.59 Å². The number of ketones is 2. The van der Waals surface area contributed by atoms with Gasteiger partial charge in [-0.05, 0) is 55.8 Å². The van der Waals surface area contributed by atoms with Crippen LogP contribution in [0.4, 0.5) is 0 Å². The lowest BCUT2D eigenvalue weighted by molar-refractivity contribution is -0.120. The summed E-state index contributed by atoms with van der Waals surface area (Å²) in [6, 6.07) is 0. The summed E-state index contributed by atoms with van der Waals surface area (Å²) < 4.78 is 0. The molecule has 132 valence electrons. The molecule has 0 aliphatic heterocycles. The van der Waals surface area contributed by atoms with E-state index in [2.05, 4.69) is 0 Å². The van der Waals surface area contributed by atoms with Gasteiger partial charge in [-0.15, -0.1) is 0 Å². The molecule has 0 N–H and O–H groups in total. The summed E-state index contributed by atoms with van der Waals surface area (Å²) in [6.07, 6.45) is 15.0. The first-order chi connectivity index (χ1) is 11.1. The third-order valence-electron chi connectivity index (χ3n) is 6.42. The van der Waals surface area contributed by atoms with Crippen LogP contribution in [0, 0.1) is 23.7 Å². The quantitative estimate of drug-likeness (QED) is 0.572. The molecule has 0 radical (unpaired) electrons. The number of hydrogen-bond donors (Lipinski definition) is 0. The lowest BCUT2D eigenvalue weighted by Gasteiger charge is -2.34. The summed E-state index contributed by atoms with van der Waals surface area (Å²) in [5.41, 5.74) is 0. The summed E-state index contributed by atoms with van der Waals surface area (Å²) >= 11 is 0. The predicted molar refractivity (Wildman–Crippen MR) is 95.3 cm³/mol. The maximum Gasteiger partial charge on any atom is 0.132 e. The van der Waals surface area contributed by atoms with E-state index in [1.54, 1.807) is 0 Å². The molecule has 0 bridgehead atoms. The van der Waals surface area contributed by atoms with Crippen LogP contribution in [0.1, 0.15) is 97.3 Å². The molecule has 0 aromatic rings. The largest absolute Gasteiger partial charge is 0.300 e. The van der Waals surface area contributed by atoms with Crippen molar-refractivity contribution >= 4 is 11.6 Å². The molecule has 0 heterocycles. The van der Waals surface area contributed by atoms with Gasteiger partial charge in [0.15, 0.2) is 0 Å². The van der Waals surface area contributed by atoms with Crippen LogP contribution < -0.4 is 0 Å². The SMILES string of the molecule is CCC(=O)CC1CCC(CC2CCC(CC(=O)CC)CC2)CC1. The Morgan fingerprint density at radius 2 is 0.913 bits per heavy atom. The molecule has 2 aliphatic carbocycles. The van der Waals surface area contributed by atoms with Crippen molar-refractivity contribution in [3.63, 3.8) is 0 Å². The molecule has 2 rings (SSSR count). The number of carbonyl (C=O) groups is 2. The van der Waals surface area contributed by atoms with E-state index in [1.807, 2.05) is 13.8 Å². The van der Waals surface area contributed by atoms with E-state index in [4.69, 9.17) is 0 Å². The average molecular weight is 321 g/mol. The monoisotopic (exact) mass is 320 g/mol. The zero-order chi connectivity index (χ0) is 16.7. The Hall–Kier alpha value is -0.660. The molecule has 2 aliphatic rings. The van der Waals surface area contributed by atoms with Crippen molar-refractivity contribution in [2.75, 3.05) is 0 Å². The van der Waals surface area contributed by atoms with Crippen molar-refractivity contribution in [2.45, 2.75) is 97.3 Å². The zero-order valence-corrected chi connectivity index (χ0v) is 15.3. The molecule has 0 atom stereocenters. The Morgan fingerprint density at radius 1 is 0.609 bits per heavy atom. The smallest absolute Gasteiger partial charge is 0.132 e. The van der Waals surface area contributed by atoms with E-state index in [1.165, 1.54) is 57.8 Å². The highest BCUT2D eigenvalue weighted by atomic mass is 16.1. The first-order valence-corrected chi connectivity index (χ1v) is 10.1. The highest BCUT2D eigenvalue weighted by molar-refractivity contribution is 5.78. The Morgan fingerprint density at radius 3 is 1.22 bits per heavy atom. The van der Waals surface area contributed by atoms with E-state index in [0.29, 0.717) is 36.2 Å². The number of hydrogen-bond acceptors (Lipinski definition) is 2. The first kappa shape index (κ1) is 18.7. The molecule has 2 fully saturated rings. The van der Waals surface area contributed by atoms with Crippen LogP contribution in [0.2, 0.25) is 0 Å². The molecule has 23 heavy (non-hydrogen) atoms. The molecular formula is C21H36O2. The second-order valence-corrected chi connectivity index (χ2v) is 8.20. The summed E-state index contributed by atoms with van der Waals surface area (Å²) in [7, 11) is 0. The second kappa shape index (κ2) is 9.59. The molecule has 0 unspecified atom stereocenters. The first-order valence-electron chi connectivity index (χ1n) is 10.1. The highest BCUT2D eigenvalue weighted by Crippen LogP contribution is 2.39. The van der Waals surface area contributed by atoms with Gasteiger partial charge >= 0.3 is 0 Å². The summed E-state index contributed by atoms with van der Waals surface area (Å²) in [5, 5.41) is 0. The van der Waals surface area contributed by atoms with Crippen LogP contribution in [-0.4, -0.2) is 11.6 Å². The van der Waals surface area contributed by atoms with Crippen molar-refractivity contribution in [3.05, 3.63) is 0 Å². The molecular weight excluding hydrogens is 284 g/mol. The molecule has 2 heteroatoms. The van der Waals surface area contributed by atoms with Crippen molar-refractivity contribution in [3.8, 4) is 0 Å². The molecule has 0 spiro atoms. The molecule has 0 aromatic carbocycles. The Kier molecular flexibility index (Phi) is 7.79. The minimum absolute atomic E-state index is 0.452. The van der Waals surface area contributed by atoms with Gasteiger partial charge in [0.1, 0.15) is 11.6 Å². The lowest BCUT2D eigenvalue weighted by atomic mass is 9.72. The Bertz CT molecular complexity index is 335. The van der Waals surface area contributed by atoms with E-state index in [-0.39, 0.29) is 0 Å². The van der Waals surface area contributed by atoms with Gasteiger partial charge in [0.2, 0.25) is 0 Å². The van der Waals surface area contributed by atoms with Crippen LogP contribution in [0.15, 0.2) is 0 Å². The predicted octanol–water partition coefficient (Wildman–Crippen LogP) is 5.73. The standard InChI is InChI=1S/C21H36O2/c1-3-20(22)14-18-9-5-16(6-10-18)13-17-7-11-19(12-8-17)15-21(23)4-2/h16-19H,3-15H2,1-2H3. The Labute approximate surface area is 142 Å². The van der Waals surface area contributed by atoms with Gasteiger partial charge in [-0.1, -0.05) is 39.5 Å². The van der Waals surface area contributed by atoms with Crippen molar-refractivity contribution in [1.82, 2.24) is 0 Å². The van der Waals surface area contributed by atoms with Gasteiger partial charge in [-0.3, -0.25) is 9.59 Å². The average Bonchev–Trinajstić information content (AvgIpc) is 2.58. The van der Waals surface area contributed by atoms with E-state index in [0.717, 1.165) is 24.7 Å². The lowest BCUT2D eigenvalue weighted by Crippen LogP contribution is -2.22. The third kappa shape index (κ3) is 6.39. The van der Waals surface area contributed by atoms with Gasteiger partial charge in [-0.25, -0.2) is 0 Å². The fourth-order valence-corrected chi connectivity index (χ4v) is 4.75. The van der Waals surface area contributed by atoms with Crippen LogP contribution in [0.5, 0.6) is 0 Å². The second-order valence-electron chi connectivity index (χ2n) is 8.20. The van der Waals surface area contributed by atoms with E-state index in [9.17, 15) is 9.59 Å². The minimum atomic E-state index is 0.452. The number of carbonyl (C=O) groups excluding carboxylic acids is 2. The summed E-state index contributed by atoms with van der Waals surface area (Å²) in [5.74, 6) is 4.06. The summed E-state index contributed by atoms with van der Waals surface area (Å²) in [6.45, 7) is 3.97. The third-order valence-corrected chi connectivity index (χ3v) is 6.42. The fraction of sp³-hybridized carbons (Fsp3) is 0.905. The molecule has 0 saturated heterocycles. The van der Waals surface area contributed by atoms with Gasteiger partial charge in [0.05, 0.1) is 0 Å². The van der Waals surface area contributed by atoms with E-state index >= 15 is 0 Å². The molecule has 2 nitrogen and oxygen atoms in total. The van der Waals surface area contributed by atoms with Crippen LogP contribution in [0.25, 0.3) is 0 Å². The van der Waals surface area contributed by atoms with Crippen LogP contribution >= 0.6 is 0 Å². The van der Waals surface area contributed by atoms with Gasteiger partial charge in [-0.2, -0.15) is 0 Å². The highest BCUT2D eigenvalue weighted by Gasteiger charge is 2.28. The van der Waals surface area contributed by atoms with Crippen LogP contribution in [0.3, 0.4) is 0 Å². The maximum absolute atomic E-state index is 11.6. The molecule has 0 aromatic heterocycles. The summed E-state index contributed by atoms with van der Waals surface area (Å²) in [4.78, 5) is 23.2. The van der Waals surface area contributed by atoms with Crippen molar-refractivity contribution < 1.29 is 9.59 Å². The molecule has 0 amide bonds. The van der Waals surface area contributed by atoms with Gasteiger partial charge in [0, 0.05) is 25.7 Å². The number of rotatable bonds is 8. The van der Waals surface area contributed by atoms with Crippen molar-refractivity contribution in [2.24, 2.45) is 23.7 Å². The number of Topliss-reactive ketones (excluding diaryl/α,β-unsaturated/α-hetero) is 2. The minimum Gasteiger partial charge on any atom is -0.300 e. The van der Waals surface area contributed by atoms with Crippen molar-refractivity contribution in [1.29, 1.82) is 0 Å². The zero-order valence-electron chi connectivity index (χ0n) is 15.3.